The first-order valence-corrected chi connectivity index (χ1v) is 11.9. The summed E-state index contributed by atoms with van der Waals surface area (Å²) >= 11 is 3.37. The summed E-state index contributed by atoms with van der Waals surface area (Å²) in [6, 6.07) is 9.83. The van der Waals surface area contributed by atoms with Crippen LogP contribution in [0.5, 0.6) is 11.5 Å². The highest BCUT2D eigenvalue weighted by atomic mass is 79.9. The molecule has 1 fully saturated rings. The zero-order chi connectivity index (χ0) is 26.2. The van der Waals surface area contributed by atoms with Crippen molar-refractivity contribution in [1.29, 1.82) is 0 Å². The van der Waals surface area contributed by atoms with Gasteiger partial charge in [0.2, 0.25) is 5.91 Å². The third-order valence-electron chi connectivity index (χ3n) is 5.14. The van der Waals surface area contributed by atoms with Crippen molar-refractivity contribution in [3.63, 3.8) is 0 Å². The second-order valence-electron chi connectivity index (χ2n) is 7.57. The molecular formula is C25H26BrN3O7. The van der Waals surface area contributed by atoms with Crippen LogP contribution in [0, 0.1) is 0 Å². The van der Waals surface area contributed by atoms with Gasteiger partial charge in [-0.2, -0.15) is 0 Å². The van der Waals surface area contributed by atoms with Crippen molar-refractivity contribution in [1.82, 2.24) is 10.2 Å². The van der Waals surface area contributed by atoms with E-state index in [9.17, 15) is 19.2 Å². The first-order valence-electron chi connectivity index (χ1n) is 11.2. The van der Waals surface area contributed by atoms with Crippen molar-refractivity contribution in [2.45, 2.75) is 20.3 Å². The number of rotatable bonds is 10. The summed E-state index contributed by atoms with van der Waals surface area (Å²) in [6.45, 7) is 3.15. The molecule has 190 valence electrons. The predicted molar refractivity (Wildman–Crippen MR) is 135 cm³/mol. The molecule has 1 heterocycles. The Morgan fingerprint density at radius 2 is 1.92 bits per heavy atom. The van der Waals surface area contributed by atoms with E-state index in [1.54, 1.807) is 31.2 Å². The molecule has 11 heteroatoms. The molecule has 2 N–H and O–H groups in total. The number of carbonyl (C=O) groups excluding carboxylic acids is 4. The number of benzene rings is 2. The first-order chi connectivity index (χ1) is 17.3. The topological polar surface area (TPSA) is 123 Å². The van der Waals surface area contributed by atoms with Gasteiger partial charge < -0.3 is 24.8 Å². The van der Waals surface area contributed by atoms with Crippen molar-refractivity contribution in [3.05, 3.63) is 57.7 Å². The second kappa shape index (κ2) is 12.2. The average Bonchev–Trinajstić information content (AvgIpc) is 3.10. The summed E-state index contributed by atoms with van der Waals surface area (Å²) in [5.41, 5.74) is 2.08. The molecule has 0 aliphatic carbocycles. The van der Waals surface area contributed by atoms with Crippen LogP contribution in [0.15, 0.2) is 46.6 Å². The number of para-hydroxylation sites is 1. The maximum Gasteiger partial charge on any atom is 0.344 e. The lowest BCUT2D eigenvalue weighted by Gasteiger charge is -2.14. The number of esters is 1. The number of hydrogen-bond acceptors (Lipinski definition) is 7. The van der Waals surface area contributed by atoms with Gasteiger partial charge in [-0.25, -0.2) is 14.5 Å². The van der Waals surface area contributed by atoms with E-state index in [0.29, 0.717) is 21.5 Å². The fourth-order valence-electron chi connectivity index (χ4n) is 3.46. The van der Waals surface area contributed by atoms with E-state index in [2.05, 4.69) is 26.6 Å². The molecule has 0 aromatic heterocycles. The van der Waals surface area contributed by atoms with E-state index < -0.39 is 30.4 Å². The summed E-state index contributed by atoms with van der Waals surface area (Å²) in [5, 5.41) is 5.24. The van der Waals surface area contributed by atoms with Crippen LogP contribution in [-0.2, 0) is 25.5 Å². The number of nitrogens with one attached hydrogen (secondary N) is 2. The average molecular weight is 560 g/mol. The van der Waals surface area contributed by atoms with Crippen LogP contribution >= 0.6 is 15.9 Å². The lowest BCUT2D eigenvalue weighted by Crippen LogP contribution is -2.38. The van der Waals surface area contributed by atoms with Gasteiger partial charge in [0.15, 0.2) is 18.1 Å². The molecule has 1 aliphatic heterocycles. The fraction of sp³-hybridized carbons (Fsp3) is 0.280. The first kappa shape index (κ1) is 26.7. The van der Waals surface area contributed by atoms with Crippen LogP contribution in [0.2, 0.25) is 0 Å². The Hall–Kier alpha value is -3.86. The number of ether oxygens (including phenoxy) is 3. The number of urea groups is 1. The van der Waals surface area contributed by atoms with Crippen molar-refractivity contribution < 1.29 is 33.4 Å². The third kappa shape index (κ3) is 6.42. The molecule has 4 amide bonds. The van der Waals surface area contributed by atoms with Gasteiger partial charge in [-0.05, 0) is 64.7 Å². The Labute approximate surface area is 216 Å². The molecule has 2 aromatic rings. The summed E-state index contributed by atoms with van der Waals surface area (Å²) in [7, 11) is 1.43. The molecule has 10 nitrogen and oxygen atoms in total. The number of nitrogens with zero attached hydrogens (tertiary/aromatic N) is 1. The summed E-state index contributed by atoms with van der Waals surface area (Å²) in [5.74, 6) is -1.09. The number of anilines is 1. The number of carbonyl (C=O) groups is 4. The molecule has 0 saturated carbocycles. The minimum atomic E-state index is -0.703. The lowest BCUT2D eigenvalue weighted by molar-refractivity contribution is -0.145. The van der Waals surface area contributed by atoms with Crippen LogP contribution in [0.3, 0.4) is 0 Å². The Bertz CT molecular complexity index is 1210. The van der Waals surface area contributed by atoms with E-state index in [0.717, 1.165) is 16.9 Å². The minimum absolute atomic E-state index is 0.00379. The minimum Gasteiger partial charge on any atom is -0.493 e. The summed E-state index contributed by atoms with van der Waals surface area (Å²) < 4.78 is 16.2. The van der Waals surface area contributed by atoms with E-state index in [1.807, 2.05) is 19.1 Å². The Kier molecular flexibility index (Phi) is 9.07. The molecule has 0 bridgehead atoms. The second-order valence-corrected chi connectivity index (χ2v) is 8.42. The highest BCUT2D eigenvalue weighted by Gasteiger charge is 2.35. The molecule has 0 atom stereocenters. The van der Waals surface area contributed by atoms with Crippen LogP contribution < -0.4 is 20.1 Å². The number of methoxy groups -OCH3 is 1. The van der Waals surface area contributed by atoms with E-state index >= 15 is 0 Å². The van der Waals surface area contributed by atoms with Crippen molar-refractivity contribution in [2.75, 3.05) is 32.2 Å². The number of aryl methyl sites for hydroxylation is 1. The maximum atomic E-state index is 12.9. The van der Waals surface area contributed by atoms with E-state index in [1.165, 1.54) is 13.2 Å². The van der Waals surface area contributed by atoms with Gasteiger partial charge in [0.05, 0.1) is 18.2 Å². The van der Waals surface area contributed by atoms with Crippen LogP contribution in [0.4, 0.5) is 10.5 Å². The number of imide groups is 1. The molecule has 36 heavy (non-hydrogen) atoms. The Morgan fingerprint density at radius 1 is 1.17 bits per heavy atom. The summed E-state index contributed by atoms with van der Waals surface area (Å²) in [4.78, 5) is 50.2. The highest BCUT2D eigenvalue weighted by Crippen LogP contribution is 2.37. The largest absolute Gasteiger partial charge is 0.493 e. The van der Waals surface area contributed by atoms with Gasteiger partial charge in [-0.1, -0.05) is 25.1 Å². The SMILES string of the molecule is CCOC(=O)COc1c(Br)cc(/C=C2/NC(=O)N(CC(=O)Nc3ccccc3CC)C2=O)cc1OC. The van der Waals surface area contributed by atoms with Crippen molar-refractivity contribution >= 4 is 51.5 Å². The Balaban J connectivity index is 1.73. The monoisotopic (exact) mass is 559 g/mol. The van der Waals surface area contributed by atoms with Gasteiger partial charge >= 0.3 is 12.0 Å². The number of amides is 4. The Morgan fingerprint density at radius 3 is 2.61 bits per heavy atom. The molecule has 0 unspecified atom stereocenters. The fourth-order valence-corrected chi connectivity index (χ4v) is 4.04. The summed E-state index contributed by atoms with van der Waals surface area (Å²) in [6.07, 6.45) is 2.17. The van der Waals surface area contributed by atoms with Gasteiger partial charge in [0.1, 0.15) is 12.2 Å². The zero-order valence-corrected chi connectivity index (χ0v) is 21.6. The molecule has 1 aliphatic rings. The van der Waals surface area contributed by atoms with Crippen LogP contribution in [0.1, 0.15) is 25.0 Å². The molecular weight excluding hydrogens is 534 g/mol. The third-order valence-corrected chi connectivity index (χ3v) is 5.73. The smallest absolute Gasteiger partial charge is 0.344 e. The number of hydrogen-bond donors (Lipinski definition) is 2. The highest BCUT2D eigenvalue weighted by molar-refractivity contribution is 9.10. The van der Waals surface area contributed by atoms with Gasteiger partial charge in [0.25, 0.3) is 5.91 Å². The molecule has 2 aromatic carbocycles. The normalized spacial score (nSPS) is 14.0. The van der Waals surface area contributed by atoms with Crippen LogP contribution in [-0.4, -0.2) is 55.6 Å². The molecule has 3 rings (SSSR count). The van der Waals surface area contributed by atoms with Crippen molar-refractivity contribution in [2.24, 2.45) is 0 Å². The quantitative estimate of drug-likeness (QED) is 0.259. The molecule has 1 saturated heterocycles. The predicted octanol–water partition coefficient (Wildman–Crippen LogP) is 3.49. The zero-order valence-electron chi connectivity index (χ0n) is 20.1. The van der Waals surface area contributed by atoms with E-state index in [-0.39, 0.29) is 24.7 Å². The lowest BCUT2D eigenvalue weighted by atomic mass is 10.1. The van der Waals surface area contributed by atoms with Gasteiger partial charge in [-0.15, -0.1) is 0 Å². The van der Waals surface area contributed by atoms with Crippen molar-refractivity contribution in [3.8, 4) is 11.5 Å². The number of halogens is 1. The van der Waals surface area contributed by atoms with Gasteiger partial charge in [-0.3, -0.25) is 9.59 Å². The van der Waals surface area contributed by atoms with Crippen LogP contribution in [0.25, 0.3) is 6.08 Å². The standard InChI is InChI=1S/C25H26BrN3O7/c1-4-16-8-6-7-9-18(16)27-21(30)13-29-24(32)19(28-25(29)33)11-15-10-17(26)23(20(12-15)34-3)36-14-22(31)35-5-2/h6-12H,4-5,13-14H2,1-3H3,(H,27,30)(H,28,33)/b19-11+. The van der Waals surface area contributed by atoms with Gasteiger partial charge in [0, 0.05) is 5.69 Å². The maximum absolute atomic E-state index is 12.9. The molecule has 0 spiro atoms. The molecule has 0 radical (unpaired) electrons. The van der Waals surface area contributed by atoms with E-state index in [4.69, 9.17) is 14.2 Å².